The molecule has 3 nitrogen and oxygen atoms in total. The van der Waals surface area contributed by atoms with E-state index in [4.69, 9.17) is 21.1 Å². The van der Waals surface area contributed by atoms with E-state index in [2.05, 4.69) is 18.3 Å². The summed E-state index contributed by atoms with van der Waals surface area (Å²) in [5, 5.41) is 4.50. The minimum atomic E-state index is -0.160. The molecule has 0 radical (unpaired) electrons. The van der Waals surface area contributed by atoms with Crippen molar-refractivity contribution in [2.45, 2.75) is 44.2 Å². The number of hydrogen-bond donors (Lipinski definition) is 1. The Labute approximate surface area is 133 Å². The van der Waals surface area contributed by atoms with E-state index in [0.29, 0.717) is 0 Å². The van der Waals surface area contributed by atoms with Crippen LogP contribution in [0.2, 0.25) is 5.02 Å². The van der Waals surface area contributed by atoms with Crippen LogP contribution in [0.25, 0.3) is 0 Å². The van der Waals surface area contributed by atoms with Crippen LogP contribution in [0.4, 0.5) is 0 Å². The number of halogens is 1. The molecule has 1 fully saturated rings. The monoisotopic (exact) mass is 311 g/mol. The molecule has 0 saturated carbocycles. The second-order valence-electron chi connectivity index (χ2n) is 5.68. The fourth-order valence-electron chi connectivity index (χ4n) is 3.06. The summed E-state index contributed by atoms with van der Waals surface area (Å²) in [6.45, 7) is 4.70. The molecule has 0 aromatic heterocycles. The minimum Gasteiger partial charge on any atom is -0.381 e. The van der Waals surface area contributed by atoms with Crippen molar-refractivity contribution in [3.05, 3.63) is 34.9 Å². The lowest BCUT2D eigenvalue weighted by Crippen LogP contribution is -2.56. The van der Waals surface area contributed by atoms with Crippen LogP contribution in [0.1, 0.15) is 31.7 Å². The van der Waals surface area contributed by atoms with E-state index in [0.717, 1.165) is 50.5 Å². The topological polar surface area (TPSA) is 30.5 Å². The summed E-state index contributed by atoms with van der Waals surface area (Å²) in [5.41, 5.74) is 1.02. The Morgan fingerprint density at radius 2 is 2.05 bits per heavy atom. The van der Waals surface area contributed by atoms with E-state index < -0.39 is 0 Å². The van der Waals surface area contributed by atoms with Crippen molar-refractivity contribution < 1.29 is 9.47 Å². The Bertz CT molecular complexity index is 433. The average Bonchev–Trinajstić information content (AvgIpc) is 2.53. The molecule has 2 rings (SSSR count). The van der Waals surface area contributed by atoms with Crippen molar-refractivity contribution >= 4 is 11.6 Å². The first kappa shape index (κ1) is 16.8. The fourth-order valence-corrected chi connectivity index (χ4v) is 3.27. The molecule has 1 unspecified atom stereocenters. The summed E-state index contributed by atoms with van der Waals surface area (Å²) < 4.78 is 11.5. The van der Waals surface area contributed by atoms with Gasteiger partial charge in [-0.1, -0.05) is 36.7 Å². The maximum atomic E-state index is 6.34. The van der Waals surface area contributed by atoms with E-state index >= 15 is 0 Å². The summed E-state index contributed by atoms with van der Waals surface area (Å²) in [6, 6.07) is 8.33. The van der Waals surface area contributed by atoms with E-state index in [9.17, 15) is 0 Å². The number of benzene rings is 1. The van der Waals surface area contributed by atoms with Gasteiger partial charge in [0, 0.05) is 44.2 Å². The zero-order chi connectivity index (χ0) is 15.1. The Kier molecular flexibility index (Phi) is 6.49. The van der Waals surface area contributed by atoms with Crippen LogP contribution >= 0.6 is 11.6 Å². The van der Waals surface area contributed by atoms with Crippen LogP contribution in [-0.2, 0) is 15.9 Å². The summed E-state index contributed by atoms with van der Waals surface area (Å²) in [7, 11) is 1.82. The van der Waals surface area contributed by atoms with Crippen LogP contribution < -0.4 is 5.32 Å². The van der Waals surface area contributed by atoms with Crippen LogP contribution in [-0.4, -0.2) is 38.5 Å². The zero-order valence-electron chi connectivity index (χ0n) is 13.0. The summed E-state index contributed by atoms with van der Waals surface area (Å²) in [6.07, 6.45) is 3.84. The first-order chi connectivity index (χ1) is 10.2. The summed E-state index contributed by atoms with van der Waals surface area (Å²) in [4.78, 5) is 0. The molecule has 1 saturated heterocycles. The maximum absolute atomic E-state index is 6.34. The number of methoxy groups -OCH3 is 1. The molecule has 1 aromatic carbocycles. The third-order valence-electron chi connectivity index (χ3n) is 4.40. The van der Waals surface area contributed by atoms with Crippen molar-refractivity contribution in [3.8, 4) is 0 Å². The average molecular weight is 312 g/mol. The Balaban J connectivity index is 2.18. The van der Waals surface area contributed by atoms with Crippen molar-refractivity contribution in [2.24, 2.45) is 0 Å². The van der Waals surface area contributed by atoms with Gasteiger partial charge < -0.3 is 14.8 Å². The van der Waals surface area contributed by atoms with Gasteiger partial charge in [0.1, 0.15) is 0 Å². The summed E-state index contributed by atoms with van der Waals surface area (Å²) >= 11 is 6.34. The lowest BCUT2D eigenvalue weighted by molar-refractivity contribution is -0.110. The normalized spacial score (nSPS) is 19.4. The molecule has 1 N–H and O–H groups in total. The maximum Gasteiger partial charge on any atom is 0.0877 e. The Hall–Kier alpha value is -0.610. The zero-order valence-corrected chi connectivity index (χ0v) is 13.8. The molecule has 0 spiro atoms. The molecule has 21 heavy (non-hydrogen) atoms. The largest absolute Gasteiger partial charge is 0.381 e. The first-order valence-electron chi connectivity index (χ1n) is 7.81. The van der Waals surface area contributed by atoms with E-state index in [1.165, 1.54) is 5.56 Å². The molecular formula is C17H26ClNO2. The van der Waals surface area contributed by atoms with Gasteiger partial charge >= 0.3 is 0 Å². The highest BCUT2D eigenvalue weighted by Crippen LogP contribution is 2.31. The Morgan fingerprint density at radius 3 is 2.67 bits per heavy atom. The van der Waals surface area contributed by atoms with Gasteiger partial charge in [0.25, 0.3) is 0 Å². The smallest absolute Gasteiger partial charge is 0.0877 e. The van der Waals surface area contributed by atoms with Gasteiger partial charge in [-0.25, -0.2) is 0 Å². The van der Waals surface area contributed by atoms with Crippen molar-refractivity contribution in [1.29, 1.82) is 0 Å². The molecule has 0 amide bonds. The molecule has 1 aromatic rings. The van der Waals surface area contributed by atoms with Crippen LogP contribution in [0.5, 0.6) is 0 Å². The van der Waals surface area contributed by atoms with Crippen LogP contribution in [0.3, 0.4) is 0 Å². The van der Waals surface area contributed by atoms with Gasteiger partial charge in [-0.3, -0.25) is 0 Å². The predicted molar refractivity (Wildman–Crippen MR) is 87.0 cm³/mol. The molecule has 4 heteroatoms. The van der Waals surface area contributed by atoms with E-state index in [-0.39, 0.29) is 11.6 Å². The van der Waals surface area contributed by atoms with Gasteiger partial charge in [-0.05, 0) is 31.0 Å². The molecular weight excluding hydrogens is 286 g/mol. The fraction of sp³-hybridized carbons (Fsp3) is 0.647. The third kappa shape index (κ3) is 4.19. The Morgan fingerprint density at radius 1 is 1.33 bits per heavy atom. The van der Waals surface area contributed by atoms with Gasteiger partial charge in [-0.2, -0.15) is 0 Å². The molecule has 118 valence electrons. The lowest BCUT2D eigenvalue weighted by atomic mass is 9.82. The SMILES string of the molecule is CCCNC(Cc1ccccc1Cl)C1(OC)CCOCC1. The molecule has 1 atom stereocenters. The molecule has 1 aliphatic rings. The second kappa shape index (κ2) is 8.14. The number of hydrogen-bond acceptors (Lipinski definition) is 3. The summed E-state index contributed by atoms with van der Waals surface area (Å²) in [5.74, 6) is 0. The molecule has 0 aliphatic carbocycles. The predicted octanol–water partition coefficient (Wildman–Crippen LogP) is 3.45. The van der Waals surface area contributed by atoms with Gasteiger partial charge in [0.2, 0.25) is 0 Å². The van der Waals surface area contributed by atoms with E-state index in [1.54, 1.807) is 0 Å². The molecule has 1 aliphatic heterocycles. The molecule has 0 bridgehead atoms. The van der Waals surface area contributed by atoms with Crippen LogP contribution in [0.15, 0.2) is 24.3 Å². The quantitative estimate of drug-likeness (QED) is 0.836. The highest BCUT2D eigenvalue weighted by molar-refractivity contribution is 6.31. The first-order valence-corrected chi connectivity index (χ1v) is 8.19. The third-order valence-corrected chi connectivity index (χ3v) is 4.77. The number of rotatable bonds is 7. The van der Waals surface area contributed by atoms with Crippen molar-refractivity contribution in [1.82, 2.24) is 5.32 Å². The highest BCUT2D eigenvalue weighted by Gasteiger charge is 2.40. The number of ether oxygens (including phenoxy) is 2. The lowest BCUT2D eigenvalue weighted by Gasteiger charge is -2.43. The minimum absolute atomic E-state index is 0.160. The highest BCUT2D eigenvalue weighted by atomic mass is 35.5. The van der Waals surface area contributed by atoms with Gasteiger partial charge in [0.05, 0.1) is 5.60 Å². The standard InChI is InChI=1S/C17H26ClNO2/c1-3-10-19-16(13-14-6-4-5-7-15(14)18)17(20-2)8-11-21-12-9-17/h4-7,16,19H,3,8-13H2,1-2H3. The van der Waals surface area contributed by atoms with Crippen LogP contribution in [0, 0.1) is 0 Å². The van der Waals surface area contributed by atoms with Gasteiger partial charge in [-0.15, -0.1) is 0 Å². The second-order valence-corrected chi connectivity index (χ2v) is 6.09. The van der Waals surface area contributed by atoms with Gasteiger partial charge in [0.15, 0.2) is 0 Å². The number of nitrogens with one attached hydrogen (secondary N) is 1. The molecule has 1 heterocycles. The van der Waals surface area contributed by atoms with Crippen molar-refractivity contribution in [2.75, 3.05) is 26.9 Å². The van der Waals surface area contributed by atoms with E-state index in [1.807, 2.05) is 25.3 Å². The van der Waals surface area contributed by atoms with Crippen molar-refractivity contribution in [3.63, 3.8) is 0 Å².